The molecule has 0 bridgehead atoms. The molecule has 0 spiro atoms. The van der Waals surface area contributed by atoms with Gasteiger partial charge in [0, 0.05) is 6.54 Å². The number of hydroxylamine groups is 2. The first kappa shape index (κ1) is 9.93. The van der Waals surface area contributed by atoms with Gasteiger partial charge in [0.05, 0.1) is 18.6 Å². The van der Waals surface area contributed by atoms with Gasteiger partial charge in [0.25, 0.3) is 0 Å². The van der Waals surface area contributed by atoms with Crippen LogP contribution in [0.1, 0.15) is 26.7 Å². The molecule has 4 heteroatoms. The van der Waals surface area contributed by atoms with Crippen LogP contribution < -0.4 is 5.32 Å². The van der Waals surface area contributed by atoms with Gasteiger partial charge in [-0.3, -0.25) is 9.63 Å². The van der Waals surface area contributed by atoms with Gasteiger partial charge < -0.3 is 5.32 Å². The van der Waals surface area contributed by atoms with Crippen molar-refractivity contribution in [1.29, 1.82) is 0 Å². The van der Waals surface area contributed by atoms with Gasteiger partial charge in [-0.15, -0.1) is 0 Å². The molecule has 0 aromatic heterocycles. The molecule has 4 nitrogen and oxygen atoms in total. The predicted molar refractivity (Wildman–Crippen MR) is 52.4 cm³/mol. The Hall–Kier alpha value is -0.610. The summed E-state index contributed by atoms with van der Waals surface area (Å²) in [5.74, 6) is 0.565. The van der Waals surface area contributed by atoms with Gasteiger partial charge in [0.2, 0.25) is 5.91 Å². The molecule has 0 saturated carbocycles. The molecule has 2 heterocycles. The molecule has 80 valence electrons. The molecule has 0 radical (unpaired) electrons. The molecule has 2 aliphatic heterocycles. The lowest BCUT2D eigenvalue weighted by molar-refractivity contribution is -0.190. The third-order valence-electron chi connectivity index (χ3n) is 2.98. The Morgan fingerprint density at radius 2 is 2.36 bits per heavy atom. The summed E-state index contributed by atoms with van der Waals surface area (Å²) < 4.78 is 0. The van der Waals surface area contributed by atoms with Gasteiger partial charge >= 0.3 is 0 Å². The Morgan fingerprint density at radius 3 is 2.86 bits per heavy atom. The first-order chi connectivity index (χ1) is 6.68. The normalized spacial score (nSPS) is 33.4. The van der Waals surface area contributed by atoms with Crippen LogP contribution in [0.2, 0.25) is 0 Å². The number of carbonyl (C=O) groups is 1. The van der Waals surface area contributed by atoms with Crippen molar-refractivity contribution >= 4 is 5.91 Å². The third-order valence-corrected chi connectivity index (χ3v) is 2.98. The van der Waals surface area contributed by atoms with E-state index in [0.29, 0.717) is 12.3 Å². The third kappa shape index (κ3) is 1.77. The summed E-state index contributed by atoms with van der Waals surface area (Å²) in [6, 6.07) is 0.256. The highest BCUT2D eigenvalue weighted by atomic mass is 16.7. The largest absolute Gasteiger partial charge is 0.315 e. The van der Waals surface area contributed by atoms with Gasteiger partial charge in [0.15, 0.2) is 0 Å². The quantitative estimate of drug-likeness (QED) is 0.704. The zero-order valence-electron chi connectivity index (χ0n) is 8.82. The van der Waals surface area contributed by atoms with Crippen molar-refractivity contribution < 1.29 is 9.63 Å². The van der Waals surface area contributed by atoms with Crippen molar-refractivity contribution in [3.63, 3.8) is 0 Å². The molecule has 14 heavy (non-hydrogen) atoms. The fourth-order valence-corrected chi connectivity index (χ4v) is 1.99. The number of rotatable bonds is 2. The maximum Gasteiger partial charge on any atom is 0.249 e. The van der Waals surface area contributed by atoms with Crippen molar-refractivity contribution in [1.82, 2.24) is 10.4 Å². The van der Waals surface area contributed by atoms with E-state index in [4.69, 9.17) is 4.84 Å². The van der Waals surface area contributed by atoms with Crippen LogP contribution in [0.25, 0.3) is 0 Å². The second-order valence-corrected chi connectivity index (χ2v) is 4.46. The first-order valence-corrected chi connectivity index (χ1v) is 5.38. The molecule has 2 fully saturated rings. The monoisotopic (exact) mass is 198 g/mol. The van der Waals surface area contributed by atoms with Crippen LogP contribution in [0, 0.1) is 5.92 Å². The van der Waals surface area contributed by atoms with Crippen molar-refractivity contribution in [3.05, 3.63) is 0 Å². The second kappa shape index (κ2) is 3.87. The lowest BCUT2D eigenvalue weighted by Crippen LogP contribution is -2.37. The fraction of sp³-hybridized carbons (Fsp3) is 0.900. The molecule has 1 N–H and O–H groups in total. The van der Waals surface area contributed by atoms with Gasteiger partial charge in [-0.05, 0) is 18.9 Å². The lowest BCUT2D eigenvalue weighted by atomic mass is 10.1. The molecule has 0 aromatic rings. The van der Waals surface area contributed by atoms with Crippen molar-refractivity contribution in [2.24, 2.45) is 5.92 Å². The Labute approximate surface area is 84.6 Å². The molecular formula is C10H18N2O2. The molecule has 0 aromatic carbocycles. The predicted octanol–water partition coefficient (Wildman–Crippen LogP) is 0.537. The number of nitrogens with one attached hydrogen (secondary N) is 1. The topological polar surface area (TPSA) is 41.6 Å². The van der Waals surface area contributed by atoms with Gasteiger partial charge in [-0.25, -0.2) is 5.06 Å². The number of nitrogens with zero attached hydrogens (tertiary/aromatic N) is 1. The Morgan fingerprint density at radius 1 is 1.57 bits per heavy atom. The summed E-state index contributed by atoms with van der Waals surface area (Å²) in [7, 11) is 0. The van der Waals surface area contributed by atoms with Crippen molar-refractivity contribution in [2.75, 3.05) is 13.1 Å². The smallest absolute Gasteiger partial charge is 0.249 e. The SMILES string of the molecule is CC(C)C1CC(=O)N(C2CCNC2)O1. The number of hydrogen-bond donors (Lipinski definition) is 1. The Kier molecular flexibility index (Phi) is 2.74. The summed E-state index contributed by atoms with van der Waals surface area (Å²) in [5.41, 5.74) is 0. The minimum Gasteiger partial charge on any atom is -0.315 e. The number of amides is 1. The van der Waals surface area contributed by atoms with Crippen LogP contribution in [-0.4, -0.2) is 36.2 Å². The summed E-state index contributed by atoms with van der Waals surface area (Å²) in [4.78, 5) is 17.3. The molecule has 0 aliphatic carbocycles. The number of carbonyl (C=O) groups excluding carboxylic acids is 1. The first-order valence-electron chi connectivity index (χ1n) is 5.38. The summed E-state index contributed by atoms with van der Waals surface area (Å²) in [6.45, 7) is 6.05. The molecule has 2 aliphatic rings. The molecular weight excluding hydrogens is 180 g/mol. The van der Waals surface area contributed by atoms with E-state index in [1.807, 2.05) is 0 Å². The highest BCUT2D eigenvalue weighted by Crippen LogP contribution is 2.25. The minimum absolute atomic E-state index is 0.0862. The summed E-state index contributed by atoms with van der Waals surface area (Å²) >= 11 is 0. The zero-order valence-corrected chi connectivity index (χ0v) is 8.82. The average molecular weight is 198 g/mol. The highest BCUT2D eigenvalue weighted by Gasteiger charge is 2.38. The van der Waals surface area contributed by atoms with Crippen molar-refractivity contribution in [2.45, 2.75) is 38.8 Å². The van der Waals surface area contributed by atoms with Crippen LogP contribution in [-0.2, 0) is 9.63 Å². The zero-order chi connectivity index (χ0) is 10.1. The fourth-order valence-electron chi connectivity index (χ4n) is 1.99. The van der Waals surface area contributed by atoms with E-state index in [0.717, 1.165) is 19.5 Å². The molecule has 2 unspecified atom stereocenters. The Balaban J connectivity index is 1.96. The summed E-state index contributed by atoms with van der Waals surface area (Å²) in [5, 5.41) is 4.84. The lowest BCUT2D eigenvalue weighted by Gasteiger charge is -2.23. The van der Waals surface area contributed by atoms with E-state index >= 15 is 0 Å². The van der Waals surface area contributed by atoms with E-state index in [-0.39, 0.29) is 18.1 Å². The van der Waals surface area contributed by atoms with E-state index in [2.05, 4.69) is 19.2 Å². The van der Waals surface area contributed by atoms with E-state index < -0.39 is 0 Å². The highest BCUT2D eigenvalue weighted by molar-refractivity contribution is 5.77. The molecule has 2 saturated heterocycles. The van der Waals surface area contributed by atoms with E-state index in [9.17, 15) is 4.79 Å². The average Bonchev–Trinajstić information content (AvgIpc) is 2.71. The summed E-state index contributed by atoms with van der Waals surface area (Å²) in [6.07, 6.45) is 1.65. The maximum absolute atomic E-state index is 11.6. The maximum atomic E-state index is 11.6. The van der Waals surface area contributed by atoms with E-state index in [1.54, 1.807) is 5.06 Å². The number of hydrogen-bond acceptors (Lipinski definition) is 3. The van der Waals surface area contributed by atoms with Gasteiger partial charge in [0.1, 0.15) is 0 Å². The van der Waals surface area contributed by atoms with Crippen LogP contribution >= 0.6 is 0 Å². The van der Waals surface area contributed by atoms with Gasteiger partial charge in [-0.1, -0.05) is 13.8 Å². The Bertz CT molecular complexity index is 224. The second-order valence-electron chi connectivity index (χ2n) is 4.46. The van der Waals surface area contributed by atoms with Crippen molar-refractivity contribution in [3.8, 4) is 0 Å². The van der Waals surface area contributed by atoms with Crippen LogP contribution in [0.3, 0.4) is 0 Å². The molecule has 2 rings (SSSR count). The van der Waals surface area contributed by atoms with Gasteiger partial charge in [-0.2, -0.15) is 0 Å². The van der Waals surface area contributed by atoms with E-state index in [1.165, 1.54) is 0 Å². The van der Waals surface area contributed by atoms with Crippen LogP contribution in [0.15, 0.2) is 0 Å². The van der Waals surface area contributed by atoms with Crippen LogP contribution in [0.4, 0.5) is 0 Å². The molecule has 2 atom stereocenters. The minimum atomic E-state index is 0.0862. The van der Waals surface area contributed by atoms with Crippen LogP contribution in [0.5, 0.6) is 0 Å². The standard InChI is InChI=1S/C10H18N2O2/c1-7(2)9-5-10(13)12(14-9)8-3-4-11-6-8/h7-9,11H,3-6H2,1-2H3. The molecule has 1 amide bonds.